The van der Waals surface area contributed by atoms with Crippen molar-refractivity contribution in [1.82, 2.24) is 0 Å². The van der Waals surface area contributed by atoms with E-state index in [1.165, 1.54) is 43.0 Å². The summed E-state index contributed by atoms with van der Waals surface area (Å²) in [5.74, 6) is -0.0515. The Bertz CT molecular complexity index is 2580. The molecule has 0 spiro atoms. The first-order valence-corrected chi connectivity index (χ1v) is 23.8. The molecule has 14 heteroatoms. The van der Waals surface area contributed by atoms with Crippen molar-refractivity contribution in [1.29, 1.82) is 0 Å². The molecule has 0 bridgehead atoms. The van der Waals surface area contributed by atoms with E-state index in [1.807, 2.05) is 135 Å². The number of esters is 2. The maximum Gasteiger partial charge on any atom is 0.305 e. The number of para-hydroxylation sites is 2. The van der Waals surface area contributed by atoms with Crippen LogP contribution in [0.1, 0.15) is 84.2 Å². The van der Waals surface area contributed by atoms with Crippen LogP contribution >= 0.6 is 22.7 Å². The zero-order valence-corrected chi connectivity index (χ0v) is 39.7. The van der Waals surface area contributed by atoms with Gasteiger partial charge in [0.05, 0.1) is 37.4 Å². The molecule has 1 aliphatic rings. The molecule has 0 amide bonds. The lowest BCUT2D eigenvalue weighted by atomic mass is 10.0. The molecule has 0 unspecified atom stereocenters. The van der Waals surface area contributed by atoms with E-state index in [9.17, 15) is 29.7 Å². The van der Waals surface area contributed by atoms with Gasteiger partial charge in [0.15, 0.2) is 12.4 Å². The second kappa shape index (κ2) is 24.9. The highest BCUT2D eigenvalue weighted by Crippen LogP contribution is 2.38. The minimum Gasteiger partial charge on any atom is -0.490 e. The van der Waals surface area contributed by atoms with Crippen molar-refractivity contribution >= 4 is 72.7 Å². The van der Waals surface area contributed by atoms with Gasteiger partial charge in [0.25, 0.3) is 0 Å². The Morgan fingerprint density at radius 1 is 0.701 bits per heavy atom. The number of Topliss-reactive ketones (excluding diaryl/α,β-unsaturated/α-hetero) is 1. The average Bonchev–Trinajstić information content (AvgIpc) is 4.01. The van der Waals surface area contributed by atoms with E-state index >= 15 is 0 Å². The monoisotopic (exact) mass is 950 g/mol. The molecule has 0 aliphatic carbocycles. The van der Waals surface area contributed by atoms with Crippen LogP contribution in [0.3, 0.4) is 0 Å². The highest BCUT2D eigenvalue weighted by molar-refractivity contribution is 7.21. The number of benzene rings is 4. The van der Waals surface area contributed by atoms with Crippen LogP contribution in [-0.4, -0.2) is 90.7 Å². The molecule has 0 radical (unpaired) electrons. The summed E-state index contributed by atoms with van der Waals surface area (Å²) in [7, 11) is 2.71. The van der Waals surface area contributed by atoms with E-state index in [0.717, 1.165) is 36.2 Å². The maximum absolute atomic E-state index is 13.2. The average molecular weight is 951 g/mol. The normalized spacial score (nSPS) is 16.9. The van der Waals surface area contributed by atoms with Gasteiger partial charge in [-0.1, -0.05) is 97.1 Å². The number of fused-ring (bicyclic) bond motifs is 2. The number of carbonyl (C=O) groups excluding carboxylic acids is 3. The zero-order chi connectivity index (χ0) is 47.8. The number of rotatable bonds is 21. The van der Waals surface area contributed by atoms with Gasteiger partial charge < -0.3 is 43.7 Å². The number of methoxy groups -OCH3 is 2. The molecule has 5 atom stereocenters. The molecule has 3 heterocycles. The molecule has 0 saturated carbocycles. The van der Waals surface area contributed by atoms with Crippen LogP contribution in [0.2, 0.25) is 0 Å². The SMILES string of the molecule is COC(=O)CCC[C@@H]1OC(C)(C)O[C@@H]1/C=C/c1c(C(=O)COc2ccccc2)sc2ccccc12.COC(=O)CCC[C@H](O)[C@H](O)/C=C/c1c([C@H](O)COc2ccccc2)sc2ccccc12. The van der Waals surface area contributed by atoms with Gasteiger partial charge >= 0.3 is 11.9 Å². The second-order valence-corrected chi connectivity index (χ2v) is 18.4. The molecular formula is C53H58O12S2. The smallest absolute Gasteiger partial charge is 0.305 e. The fraction of sp³-hybridized carbons (Fsp3) is 0.340. The Morgan fingerprint density at radius 3 is 1.91 bits per heavy atom. The van der Waals surface area contributed by atoms with Crippen LogP contribution < -0.4 is 9.47 Å². The van der Waals surface area contributed by atoms with Crippen molar-refractivity contribution in [2.75, 3.05) is 27.4 Å². The van der Waals surface area contributed by atoms with Crippen LogP contribution in [0.4, 0.5) is 0 Å². The Morgan fingerprint density at radius 2 is 1.27 bits per heavy atom. The summed E-state index contributed by atoms with van der Waals surface area (Å²) in [6.07, 6.45) is 6.23. The second-order valence-electron chi connectivity index (χ2n) is 16.2. The Balaban J connectivity index is 0.000000222. The number of aliphatic hydroxyl groups excluding tert-OH is 3. The molecule has 1 fully saturated rings. The first-order valence-electron chi connectivity index (χ1n) is 22.2. The maximum atomic E-state index is 13.2. The lowest BCUT2D eigenvalue weighted by Gasteiger charge is -2.16. The molecule has 3 N–H and O–H groups in total. The summed E-state index contributed by atoms with van der Waals surface area (Å²) in [5.41, 5.74) is 1.64. The molecule has 6 aromatic rings. The minimum absolute atomic E-state index is 0.0378. The molecule has 2 aromatic heterocycles. The summed E-state index contributed by atoms with van der Waals surface area (Å²) in [5, 5.41) is 33.4. The predicted molar refractivity (Wildman–Crippen MR) is 262 cm³/mol. The zero-order valence-electron chi connectivity index (χ0n) is 38.1. The molecule has 4 aromatic carbocycles. The van der Waals surface area contributed by atoms with Gasteiger partial charge in [0.2, 0.25) is 5.78 Å². The minimum atomic E-state index is -1.10. The lowest BCUT2D eigenvalue weighted by Crippen LogP contribution is -2.23. The van der Waals surface area contributed by atoms with E-state index in [-0.39, 0.29) is 56.0 Å². The number of ketones is 1. The quantitative estimate of drug-likeness (QED) is 0.0462. The van der Waals surface area contributed by atoms with Gasteiger partial charge in [-0.05, 0) is 81.5 Å². The number of hydrogen-bond acceptors (Lipinski definition) is 14. The molecular weight excluding hydrogens is 893 g/mol. The largest absolute Gasteiger partial charge is 0.490 e. The first kappa shape index (κ1) is 50.7. The van der Waals surface area contributed by atoms with Crippen molar-refractivity contribution in [3.63, 3.8) is 0 Å². The van der Waals surface area contributed by atoms with Crippen LogP contribution in [0.15, 0.2) is 121 Å². The van der Waals surface area contributed by atoms with Crippen molar-refractivity contribution in [3.8, 4) is 11.5 Å². The van der Waals surface area contributed by atoms with E-state index in [1.54, 1.807) is 6.08 Å². The predicted octanol–water partition coefficient (Wildman–Crippen LogP) is 10.1. The Kier molecular flexibility index (Phi) is 18.8. The van der Waals surface area contributed by atoms with Crippen LogP contribution in [-0.2, 0) is 28.5 Å². The third-order valence-electron chi connectivity index (χ3n) is 10.9. The van der Waals surface area contributed by atoms with Crippen molar-refractivity contribution in [2.45, 2.75) is 88.7 Å². The summed E-state index contributed by atoms with van der Waals surface area (Å²) < 4.78 is 35.0. The molecule has 7 rings (SSSR count). The van der Waals surface area contributed by atoms with E-state index in [0.29, 0.717) is 42.1 Å². The number of thiophene rings is 2. The number of hydrogen-bond donors (Lipinski definition) is 3. The highest BCUT2D eigenvalue weighted by Gasteiger charge is 2.39. The molecule has 1 saturated heterocycles. The Hall–Kier alpha value is -5.71. The van der Waals surface area contributed by atoms with Gasteiger partial charge in [-0.25, -0.2) is 0 Å². The van der Waals surface area contributed by atoms with Crippen LogP contribution in [0.25, 0.3) is 32.3 Å². The number of aliphatic hydroxyl groups is 3. The van der Waals surface area contributed by atoms with E-state index in [2.05, 4.69) is 4.74 Å². The van der Waals surface area contributed by atoms with E-state index < -0.39 is 24.1 Å². The van der Waals surface area contributed by atoms with Gasteiger partial charge in [0, 0.05) is 43.5 Å². The highest BCUT2D eigenvalue weighted by atomic mass is 32.1. The van der Waals surface area contributed by atoms with E-state index in [4.69, 9.17) is 23.7 Å². The van der Waals surface area contributed by atoms with Crippen molar-refractivity contribution in [2.24, 2.45) is 0 Å². The van der Waals surface area contributed by atoms with Crippen molar-refractivity contribution < 1.29 is 58.1 Å². The summed E-state index contributed by atoms with van der Waals surface area (Å²) in [6, 6.07) is 34.4. The molecule has 354 valence electrons. The summed E-state index contributed by atoms with van der Waals surface area (Å²) in [6.45, 7) is 3.81. The summed E-state index contributed by atoms with van der Waals surface area (Å²) in [4.78, 5) is 37.2. The topological polar surface area (TPSA) is 167 Å². The van der Waals surface area contributed by atoms with Gasteiger partial charge in [-0.2, -0.15) is 0 Å². The number of ether oxygens (including phenoxy) is 6. The van der Waals surface area contributed by atoms with Gasteiger partial charge in [0.1, 0.15) is 30.3 Å². The first-order chi connectivity index (χ1) is 32.3. The van der Waals surface area contributed by atoms with Crippen LogP contribution in [0.5, 0.6) is 11.5 Å². The third kappa shape index (κ3) is 14.6. The third-order valence-corrected chi connectivity index (χ3v) is 13.4. The molecule has 67 heavy (non-hydrogen) atoms. The fourth-order valence-corrected chi connectivity index (χ4v) is 9.76. The number of carbonyl (C=O) groups is 3. The lowest BCUT2D eigenvalue weighted by molar-refractivity contribution is -0.144. The van der Waals surface area contributed by atoms with Gasteiger partial charge in [-0.3, -0.25) is 14.4 Å². The Labute approximate surface area is 399 Å². The molecule has 12 nitrogen and oxygen atoms in total. The summed E-state index contributed by atoms with van der Waals surface area (Å²) >= 11 is 2.94. The molecule has 1 aliphatic heterocycles. The standard InChI is InChI=1S/C28H30O6S.C25H28O6S/c1-28(2)33-23(13-9-15-26(30)31-3)24(34-28)17-16-21-20-12-7-8-14-25(20)35-27(21)22(29)18-32-19-10-5-4-6-11-19;1-30-24(29)13-7-11-20(26)21(27)15-14-19-18-10-5-6-12-23(18)32-25(19)22(28)16-31-17-8-3-2-4-9-17/h4-8,10-12,14,16-17,23-24H,9,13,15,18H2,1-3H3;2-6,8-10,12,14-15,20-22,26-28H,7,11,13,16H2,1H3/b17-16+;15-14+/t23-,24+;20-,21+,22+/m00/s1. The van der Waals surface area contributed by atoms with Crippen molar-refractivity contribution in [3.05, 3.63) is 142 Å². The van der Waals surface area contributed by atoms with Gasteiger partial charge in [-0.15, -0.1) is 22.7 Å². The van der Waals surface area contributed by atoms with Crippen LogP contribution in [0, 0.1) is 0 Å². The fourth-order valence-electron chi connectivity index (χ4n) is 7.48.